The van der Waals surface area contributed by atoms with Crippen LogP contribution >= 0.6 is 11.3 Å². The van der Waals surface area contributed by atoms with Crippen LogP contribution in [0.1, 0.15) is 30.6 Å². The van der Waals surface area contributed by atoms with Crippen molar-refractivity contribution in [2.24, 2.45) is 5.92 Å². The van der Waals surface area contributed by atoms with E-state index in [9.17, 15) is 0 Å². The zero-order chi connectivity index (χ0) is 13.8. The fourth-order valence-electron chi connectivity index (χ4n) is 2.71. The topological polar surface area (TPSA) is 39.1 Å². The Morgan fingerprint density at radius 3 is 3.25 bits per heavy atom. The fraction of sp³-hybridized carbons (Fsp3) is 0.533. The maximum absolute atomic E-state index is 5.91. The van der Waals surface area contributed by atoms with Gasteiger partial charge in [0.15, 0.2) is 0 Å². The molecule has 20 heavy (non-hydrogen) atoms. The number of aryl methyl sites for hydroxylation is 1. The quantitative estimate of drug-likeness (QED) is 0.889. The van der Waals surface area contributed by atoms with Gasteiger partial charge in [-0.2, -0.15) is 16.4 Å². The van der Waals surface area contributed by atoms with Gasteiger partial charge in [0.2, 0.25) is 0 Å². The molecule has 0 aromatic carbocycles. The summed E-state index contributed by atoms with van der Waals surface area (Å²) >= 11 is 1.75. The molecule has 5 heteroatoms. The normalized spacial score (nSPS) is 22.4. The van der Waals surface area contributed by atoms with Gasteiger partial charge in [-0.15, -0.1) is 0 Å². The molecule has 0 spiro atoms. The fourth-order valence-corrected chi connectivity index (χ4v) is 3.37. The van der Waals surface area contributed by atoms with Gasteiger partial charge in [-0.05, 0) is 35.7 Å². The number of hydrogen-bond acceptors (Lipinski definition) is 4. The molecule has 0 radical (unpaired) electrons. The Bertz CT molecular complexity index is 523. The molecule has 2 aromatic heterocycles. The number of ether oxygens (including phenoxy) is 1. The highest BCUT2D eigenvalue weighted by atomic mass is 32.1. The van der Waals surface area contributed by atoms with Gasteiger partial charge in [-0.3, -0.25) is 4.68 Å². The molecule has 3 rings (SSSR count). The molecule has 1 aliphatic rings. The van der Waals surface area contributed by atoms with Crippen LogP contribution in [0, 0.1) is 5.92 Å². The maximum Gasteiger partial charge on any atom is 0.0896 e. The summed E-state index contributed by atoms with van der Waals surface area (Å²) in [5.74, 6) is 0.545. The molecule has 1 N–H and O–H groups in total. The van der Waals surface area contributed by atoms with Crippen molar-refractivity contribution in [3.05, 3.63) is 40.3 Å². The van der Waals surface area contributed by atoms with Crippen molar-refractivity contribution in [2.75, 3.05) is 13.2 Å². The van der Waals surface area contributed by atoms with Gasteiger partial charge in [0.25, 0.3) is 0 Å². The smallest absolute Gasteiger partial charge is 0.0896 e. The zero-order valence-corrected chi connectivity index (χ0v) is 12.6. The van der Waals surface area contributed by atoms with E-state index in [2.05, 4.69) is 40.4 Å². The Hall–Kier alpha value is -1.17. The van der Waals surface area contributed by atoms with Gasteiger partial charge in [0.1, 0.15) is 0 Å². The van der Waals surface area contributed by atoms with E-state index < -0.39 is 0 Å². The molecule has 0 aliphatic carbocycles. The molecule has 1 saturated heterocycles. The molecule has 0 saturated carbocycles. The Labute approximate surface area is 123 Å². The summed E-state index contributed by atoms with van der Waals surface area (Å²) < 4.78 is 7.87. The summed E-state index contributed by atoms with van der Waals surface area (Å²) in [4.78, 5) is 0. The molecular weight excluding hydrogens is 270 g/mol. The number of nitrogens with zero attached hydrogens (tertiary/aromatic N) is 2. The van der Waals surface area contributed by atoms with Crippen molar-refractivity contribution in [2.45, 2.75) is 32.5 Å². The molecule has 4 nitrogen and oxygen atoms in total. The summed E-state index contributed by atoms with van der Waals surface area (Å²) in [6, 6.07) is 2.17. The van der Waals surface area contributed by atoms with Crippen molar-refractivity contribution in [3.8, 4) is 0 Å². The lowest BCUT2D eigenvalue weighted by Crippen LogP contribution is -2.24. The van der Waals surface area contributed by atoms with Gasteiger partial charge in [-0.1, -0.05) is 0 Å². The SMILES string of the molecule is CCn1cc([C@@H]2OCC[C@@H]2CNCc2ccsc2)cn1. The lowest BCUT2D eigenvalue weighted by molar-refractivity contribution is 0.0904. The van der Waals surface area contributed by atoms with Gasteiger partial charge >= 0.3 is 0 Å². The first-order valence-electron chi connectivity index (χ1n) is 7.22. The molecule has 2 aromatic rings. The van der Waals surface area contributed by atoms with Crippen LogP contribution in [0.3, 0.4) is 0 Å². The number of hydrogen-bond donors (Lipinski definition) is 1. The van der Waals surface area contributed by atoms with Crippen LogP contribution in [0.2, 0.25) is 0 Å². The summed E-state index contributed by atoms with van der Waals surface area (Å²) in [6.45, 7) is 5.81. The van der Waals surface area contributed by atoms with Crippen LogP contribution in [0.25, 0.3) is 0 Å². The van der Waals surface area contributed by atoms with Crippen LogP contribution in [-0.2, 0) is 17.8 Å². The highest BCUT2D eigenvalue weighted by Crippen LogP contribution is 2.33. The van der Waals surface area contributed by atoms with Crippen LogP contribution in [0.15, 0.2) is 29.2 Å². The number of aromatic nitrogens is 2. The number of thiophene rings is 1. The van der Waals surface area contributed by atoms with Gasteiger partial charge in [0.05, 0.1) is 12.3 Å². The van der Waals surface area contributed by atoms with E-state index in [4.69, 9.17) is 4.74 Å². The van der Waals surface area contributed by atoms with E-state index >= 15 is 0 Å². The molecular formula is C15H21N3OS. The first kappa shape index (κ1) is 13.8. The third-order valence-corrected chi connectivity index (χ3v) is 4.57. The largest absolute Gasteiger partial charge is 0.373 e. The number of rotatable bonds is 6. The van der Waals surface area contributed by atoms with E-state index in [1.54, 1.807) is 11.3 Å². The van der Waals surface area contributed by atoms with Gasteiger partial charge in [0, 0.05) is 43.9 Å². The summed E-state index contributed by atoms with van der Waals surface area (Å²) in [5.41, 5.74) is 2.58. The Morgan fingerprint density at radius 2 is 2.50 bits per heavy atom. The van der Waals surface area contributed by atoms with Crippen LogP contribution in [-0.4, -0.2) is 22.9 Å². The van der Waals surface area contributed by atoms with Crippen LogP contribution in [0.4, 0.5) is 0 Å². The molecule has 2 atom stereocenters. The van der Waals surface area contributed by atoms with E-state index in [0.29, 0.717) is 5.92 Å². The standard InChI is InChI=1S/C15H21N3OS/c1-2-18-10-14(9-17-18)15-13(3-5-19-15)8-16-7-12-4-6-20-11-12/h4,6,9-11,13,15-16H,2-3,5,7-8H2,1H3/t13-,15-/m1/s1. The van der Waals surface area contributed by atoms with Gasteiger partial charge < -0.3 is 10.1 Å². The molecule has 108 valence electrons. The second-order valence-electron chi connectivity index (χ2n) is 5.23. The molecule has 1 aliphatic heterocycles. The van der Waals surface area contributed by atoms with Crippen molar-refractivity contribution in [1.82, 2.24) is 15.1 Å². The van der Waals surface area contributed by atoms with E-state index in [1.165, 1.54) is 11.1 Å². The maximum atomic E-state index is 5.91. The molecule has 1 fully saturated rings. The van der Waals surface area contributed by atoms with Crippen LogP contribution in [0.5, 0.6) is 0 Å². The number of nitrogens with one attached hydrogen (secondary N) is 1. The minimum absolute atomic E-state index is 0.199. The average molecular weight is 291 g/mol. The zero-order valence-electron chi connectivity index (χ0n) is 11.8. The monoisotopic (exact) mass is 291 g/mol. The lowest BCUT2D eigenvalue weighted by atomic mass is 9.97. The molecule has 0 unspecified atom stereocenters. The predicted molar refractivity (Wildman–Crippen MR) is 80.7 cm³/mol. The third kappa shape index (κ3) is 3.11. The van der Waals surface area contributed by atoms with E-state index in [-0.39, 0.29) is 6.10 Å². The second-order valence-corrected chi connectivity index (χ2v) is 6.01. The lowest BCUT2D eigenvalue weighted by Gasteiger charge is -2.17. The van der Waals surface area contributed by atoms with E-state index in [1.807, 2.05) is 10.9 Å². The van der Waals surface area contributed by atoms with Crippen molar-refractivity contribution < 1.29 is 4.74 Å². The molecule has 0 bridgehead atoms. The Kier molecular flexibility index (Phi) is 4.50. The average Bonchev–Trinajstić information content (AvgIpc) is 3.20. The molecule has 0 amide bonds. The van der Waals surface area contributed by atoms with Gasteiger partial charge in [-0.25, -0.2) is 0 Å². The first-order chi connectivity index (χ1) is 9.86. The van der Waals surface area contributed by atoms with Crippen molar-refractivity contribution in [3.63, 3.8) is 0 Å². The summed E-state index contributed by atoms with van der Waals surface area (Å²) in [6.07, 6.45) is 5.39. The third-order valence-electron chi connectivity index (χ3n) is 3.84. The predicted octanol–water partition coefficient (Wildman–Crippen LogP) is 2.83. The summed E-state index contributed by atoms with van der Waals surface area (Å²) in [5, 5.41) is 12.2. The summed E-state index contributed by atoms with van der Waals surface area (Å²) in [7, 11) is 0. The second kappa shape index (κ2) is 6.52. The van der Waals surface area contributed by atoms with E-state index in [0.717, 1.165) is 32.7 Å². The minimum Gasteiger partial charge on any atom is -0.373 e. The minimum atomic E-state index is 0.199. The highest BCUT2D eigenvalue weighted by Gasteiger charge is 2.30. The van der Waals surface area contributed by atoms with Crippen LogP contribution < -0.4 is 5.32 Å². The highest BCUT2D eigenvalue weighted by molar-refractivity contribution is 7.07. The molecule has 3 heterocycles. The first-order valence-corrected chi connectivity index (χ1v) is 8.17. The van der Waals surface area contributed by atoms with Crippen molar-refractivity contribution in [1.29, 1.82) is 0 Å². The Balaban J connectivity index is 1.55. The van der Waals surface area contributed by atoms with Crippen molar-refractivity contribution >= 4 is 11.3 Å². The Morgan fingerprint density at radius 1 is 1.55 bits per heavy atom.